The first-order chi connectivity index (χ1) is 31.9. The van der Waals surface area contributed by atoms with Gasteiger partial charge in [0.25, 0.3) is 0 Å². The van der Waals surface area contributed by atoms with Gasteiger partial charge in [-0.15, -0.1) is 0 Å². The van der Waals surface area contributed by atoms with Gasteiger partial charge in [-0.2, -0.15) is 8.78 Å². The summed E-state index contributed by atoms with van der Waals surface area (Å²) in [4.78, 5) is 11.7. The lowest BCUT2D eigenvalue weighted by molar-refractivity contribution is -0.136. The Morgan fingerprint density at radius 3 is 0.785 bits per heavy atom. The molecule has 0 fully saturated rings. The van der Waals surface area contributed by atoms with Gasteiger partial charge in [0.15, 0.2) is 0 Å². The van der Waals surface area contributed by atoms with Gasteiger partial charge < -0.3 is 61.6 Å². The maximum absolute atomic E-state index is 13.6. The number of esters is 1. The zero-order valence-electron chi connectivity index (χ0n) is 39.0. The average Bonchev–Trinajstić information content (AvgIpc) is 3.31. The van der Waals surface area contributed by atoms with Crippen LogP contribution in [0.4, 0.5) is 22.0 Å². The molecule has 0 radical (unpaired) electrons. The van der Waals surface area contributed by atoms with Crippen molar-refractivity contribution in [3.05, 3.63) is 29.1 Å². The lowest BCUT2D eigenvalue weighted by Crippen LogP contribution is -2.16. The molecule has 19 heteroatoms. The van der Waals surface area contributed by atoms with Gasteiger partial charge in [0, 0.05) is 6.61 Å². The summed E-state index contributed by atoms with van der Waals surface area (Å²) in [6.07, 6.45) is 17.1. The number of hydrogen-bond acceptors (Lipinski definition) is 14. The summed E-state index contributed by atoms with van der Waals surface area (Å²) in [5.41, 5.74) is 0. The van der Waals surface area contributed by atoms with Crippen LogP contribution in [0.5, 0.6) is 5.75 Å². The molecular formula is C46H79F5O14. The number of rotatable bonds is 51. The van der Waals surface area contributed by atoms with Crippen LogP contribution in [0.15, 0.2) is 0 Å². The number of ether oxygens (including phenoxy) is 13. The third kappa shape index (κ3) is 37.5. The minimum atomic E-state index is -2.35. The lowest BCUT2D eigenvalue weighted by Gasteiger charge is -2.09. The average molecular weight is 951 g/mol. The Hall–Kier alpha value is -2.14. The van der Waals surface area contributed by atoms with E-state index in [1.807, 2.05) is 0 Å². The minimum absolute atomic E-state index is 0.0799. The van der Waals surface area contributed by atoms with Gasteiger partial charge in [-0.1, -0.05) is 84.0 Å². The third-order valence-electron chi connectivity index (χ3n) is 9.32. The largest absolute Gasteiger partial charge is 0.420 e. The topological polar surface area (TPSA) is 137 Å². The molecule has 0 aliphatic rings. The van der Waals surface area contributed by atoms with E-state index in [2.05, 4.69) is 11.7 Å². The number of carbonyl (C=O) groups is 1. The number of carbonyl (C=O) groups excluding carboxylic acids is 1. The molecule has 0 atom stereocenters. The second-order valence-corrected chi connectivity index (χ2v) is 14.7. The van der Waals surface area contributed by atoms with Gasteiger partial charge in [0.05, 0.1) is 158 Å². The molecule has 65 heavy (non-hydrogen) atoms. The van der Waals surface area contributed by atoms with E-state index in [1.54, 1.807) is 0 Å². The quantitative estimate of drug-likeness (QED) is 0.0156. The van der Waals surface area contributed by atoms with Gasteiger partial charge in [0.2, 0.25) is 34.8 Å². The van der Waals surface area contributed by atoms with Crippen molar-refractivity contribution in [2.75, 3.05) is 159 Å². The summed E-state index contributed by atoms with van der Waals surface area (Å²) in [7, 11) is 0. The smallest absolute Gasteiger partial charge is 0.313 e. The zero-order chi connectivity index (χ0) is 47.1. The molecule has 0 unspecified atom stereocenters. The fraction of sp³-hybridized carbons (Fsp3) is 0.848. The second-order valence-electron chi connectivity index (χ2n) is 14.7. The molecular weight excluding hydrogens is 871 g/mol. The van der Waals surface area contributed by atoms with E-state index in [1.165, 1.54) is 77.0 Å². The van der Waals surface area contributed by atoms with Gasteiger partial charge in [0.1, 0.15) is 0 Å². The maximum Gasteiger partial charge on any atom is 0.313 e. The van der Waals surface area contributed by atoms with Crippen molar-refractivity contribution < 1.29 is 88.3 Å². The van der Waals surface area contributed by atoms with Crippen LogP contribution in [0.2, 0.25) is 0 Å². The van der Waals surface area contributed by atoms with Crippen molar-refractivity contribution in [1.29, 1.82) is 0 Å². The molecule has 0 aliphatic carbocycles. The van der Waals surface area contributed by atoms with E-state index in [9.17, 15) is 26.7 Å². The molecule has 0 saturated carbocycles. The normalized spacial score (nSPS) is 11.6. The van der Waals surface area contributed by atoms with Gasteiger partial charge >= 0.3 is 5.97 Å². The van der Waals surface area contributed by atoms with Gasteiger partial charge in [-0.3, -0.25) is 4.79 Å². The second kappa shape index (κ2) is 46.9. The Labute approximate surface area is 383 Å². The van der Waals surface area contributed by atoms with E-state index >= 15 is 0 Å². The number of benzene rings is 1. The molecule has 1 aromatic carbocycles. The Bertz CT molecular complexity index is 1200. The summed E-state index contributed by atoms with van der Waals surface area (Å²) < 4.78 is 136. The molecule has 0 aliphatic heterocycles. The van der Waals surface area contributed by atoms with Crippen molar-refractivity contribution in [3.8, 4) is 5.75 Å². The first-order valence-corrected chi connectivity index (χ1v) is 23.5. The molecule has 0 spiro atoms. The molecule has 0 heterocycles. The van der Waals surface area contributed by atoms with Crippen molar-refractivity contribution in [1.82, 2.24) is 0 Å². The molecule has 0 amide bonds. The predicted molar refractivity (Wildman–Crippen MR) is 232 cm³/mol. The summed E-state index contributed by atoms with van der Waals surface area (Å²) in [5, 5.41) is 0. The predicted octanol–water partition coefficient (Wildman–Crippen LogP) is 7.97. The monoisotopic (exact) mass is 951 g/mol. The summed E-state index contributed by atoms with van der Waals surface area (Å²) in [6, 6.07) is 0. The highest BCUT2D eigenvalue weighted by Crippen LogP contribution is 2.29. The zero-order valence-corrected chi connectivity index (χ0v) is 39.0. The van der Waals surface area contributed by atoms with Crippen molar-refractivity contribution in [2.45, 2.75) is 96.8 Å². The van der Waals surface area contributed by atoms with E-state index in [-0.39, 0.29) is 26.4 Å². The van der Waals surface area contributed by atoms with Crippen molar-refractivity contribution in [2.24, 2.45) is 0 Å². The number of halogens is 5. The summed E-state index contributed by atoms with van der Waals surface area (Å²) >= 11 is 0. The maximum atomic E-state index is 13.6. The lowest BCUT2D eigenvalue weighted by atomic mass is 10.0. The standard InChI is InChI=1S/C46H79F5O14/c1-2-3-4-5-6-7-8-9-10-11-12-13-14-16-53-18-20-55-22-24-57-26-28-59-30-32-61-34-36-63-38-39-64-37-35-62-33-31-60-29-27-58-25-23-56-21-19-54-17-15-40(52)65-46-44(50)42(48)41(47)43(49)45(46)51/h2-39H2,1H3. The van der Waals surface area contributed by atoms with E-state index in [0.717, 1.165) is 13.0 Å². The summed E-state index contributed by atoms with van der Waals surface area (Å²) in [6.45, 7) is 12.2. The third-order valence-corrected chi connectivity index (χ3v) is 9.32. The Morgan fingerprint density at radius 1 is 0.292 bits per heavy atom. The molecule has 14 nitrogen and oxygen atoms in total. The fourth-order valence-corrected chi connectivity index (χ4v) is 5.74. The molecule has 0 bridgehead atoms. The van der Waals surface area contributed by atoms with E-state index in [0.29, 0.717) is 126 Å². The molecule has 0 N–H and O–H groups in total. The van der Waals surface area contributed by atoms with Crippen LogP contribution in [0.3, 0.4) is 0 Å². The number of unbranched alkanes of at least 4 members (excludes halogenated alkanes) is 12. The Kier molecular flexibility index (Phi) is 44.0. The van der Waals surface area contributed by atoms with Crippen LogP contribution in [-0.4, -0.2) is 165 Å². The first kappa shape index (κ1) is 60.9. The van der Waals surface area contributed by atoms with Crippen LogP contribution in [0.1, 0.15) is 96.8 Å². The van der Waals surface area contributed by atoms with Crippen LogP contribution >= 0.6 is 0 Å². The van der Waals surface area contributed by atoms with E-state index in [4.69, 9.17) is 56.8 Å². The van der Waals surface area contributed by atoms with Gasteiger partial charge in [-0.25, -0.2) is 13.2 Å². The van der Waals surface area contributed by atoms with Crippen LogP contribution in [-0.2, 0) is 61.6 Å². The minimum Gasteiger partial charge on any atom is -0.420 e. The molecule has 1 aromatic rings. The Balaban J connectivity index is 1.67. The molecule has 0 aromatic heterocycles. The van der Waals surface area contributed by atoms with Crippen LogP contribution in [0, 0.1) is 29.1 Å². The molecule has 0 saturated heterocycles. The number of hydrogen-bond donors (Lipinski definition) is 0. The highest BCUT2D eigenvalue weighted by atomic mass is 19.2. The van der Waals surface area contributed by atoms with Crippen LogP contribution in [0.25, 0.3) is 0 Å². The summed E-state index contributed by atoms with van der Waals surface area (Å²) in [5.74, 6) is -14.1. The SMILES string of the molecule is CCCCCCCCCCCCCCCOCCOCCOCCOCCOCCOCCOCCOCCOCCOCCOCCOCCC(=O)Oc1c(F)c(F)c(F)c(F)c1F. The van der Waals surface area contributed by atoms with Crippen molar-refractivity contribution in [3.63, 3.8) is 0 Å². The molecule has 382 valence electrons. The van der Waals surface area contributed by atoms with E-state index < -0.39 is 47.2 Å². The highest BCUT2D eigenvalue weighted by Gasteiger charge is 2.28. The van der Waals surface area contributed by atoms with Gasteiger partial charge in [-0.05, 0) is 6.42 Å². The van der Waals surface area contributed by atoms with Crippen LogP contribution < -0.4 is 4.74 Å². The first-order valence-electron chi connectivity index (χ1n) is 23.5. The molecule has 1 rings (SSSR count). The van der Waals surface area contributed by atoms with Crippen molar-refractivity contribution >= 4 is 5.97 Å². The fourth-order valence-electron chi connectivity index (χ4n) is 5.74. The Morgan fingerprint density at radius 2 is 0.508 bits per heavy atom. The highest BCUT2D eigenvalue weighted by molar-refractivity contribution is 5.72.